The summed E-state index contributed by atoms with van der Waals surface area (Å²) in [6.07, 6.45) is -0.736. The van der Waals surface area contributed by atoms with Crippen LogP contribution in [0, 0.1) is 6.92 Å². The van der Waals surface area contributed by atoms with E-state index in [1.807, 2.05) is 25.1 Å². The topological polar surface area (TPSA) is 82.0 Å². The van der Waals surface area contributed by atoms with Gasteiger partial charge in [-0.15, -0.1) is 0 Å². The summed E-state index contributed by atoms with van der Waals surface area (Å²) < 4.78 is 6.37. The molecule has 20 heavy (non-hydrogen) atoms. The molecule has 0 heterocycles. The largest absolute Gasteiger partial charge is 0.490 e. The van der Waals surface area contributed by atoms with Crippen LogP contribution in [0.3, 0.4) is 0 Å². The molecule has 0 aliphatic heterocycles. The average Bonchev–Trinajstić information content (AvgIpc) is 2.44. The van der Waals surface area contributed by atoms with Crippen molar-refractivity contribution in [3.05, 3.63) is 28.2 Å². The Morgan fingerprint density at radius 3 is 2.55 bits per heavy atom. The zero-order valence-electron chi connectivity index (χ0n) is 11.8. The first-order valence-corrected chi connectivity index (χ1v) is 7.23. The Balaban J connectivity index is 2.41. The summed E-state index contributed by atoms with van der Waals surface area (Å²) >= 11 is 3.40. The fourth-order valence-electron chi connectivity index (χ4n) is 1.49. The number of aliphatic hydroxyl groups excluding tert-OH is 3. The van der Waals surface area contributed by atoms with E-state index in [1.54, 1.807) is 6.92 Å². The third kappa shape index (κ3) is 5.38. The van der Waals surface area contributed by atoms with Crippen molar-refractivity contribution in [1.29, 1.82) is 0 Å². The zero-order chi connectivity index (χ0) is 15.2. The normalized spacial score (nSPS) is 13.3. The van der Waals surface area contributed by atoms with Crippen LogP contribution in [0.2, 0.25) is 0 Å². The van der Waals surface area contributed by atoms with E-state index in [1.165, 1.54) is 0 Å². The van der Waals surface area contributed by atoms with Gasteiger partial charge in [-0.25, -0.2) is 0 Å². The minimum atomic E-state index is -0.800. The number of nitrogens with one attached hydrogen (secondary N) is 1. The van der Waals surface area contributed by atoms with Crippen molar-refractivity contribution in [2.75, 3.05) is 26.4 Å². The molecule has 4 N–H and O–H groups in total. The highest BCUT2D eigenvalue weighted by Gasteiger charge is 2.22. The summed E-state index contributed by atoms with van der Waals surface area (Å²) in [6, 6.07) is 5.71. The molecule has 1 aromatic rings. The molecule has 0 aliphatic rings. The van der Waals surface area contributed by atoms with E-state index in [0.29, 0.717) is 5.75 Å². The van der Waals surface area contributed by atoms with E-state index in [2.05, 4.69) is 21.2 Å². The Bertz CT molecular complexity index is 424. The van der Waals surface area contributed by atoms with Crippen molar-refractivity contribution in [2.45, 2.75) is 25.5 Å². The predicted molar refractivity (Wildman–Crippen MR) is 81.0 cm³/mol. The van der Waals surface area contributed by atoms with Gasteiger partial charge in [0.05, 0.1) is 23.2 Å². The highest BCUT2D eigenvalue weighted by molar-refractivity contribution is 9.10. The van der Waals surface area contributed by atoms with Gasteiger partial charge in [0.1, 0.15) is 18.5 Å². The molecular weight excluding hydrogens is 326 g/mol. The number of ether oxygens (including phenoxy) is 1. The first-order chi connectivity index (χ1) is 9.40. The summed E-state index contributed by atoms with van der Waals surface area (Å²) in [4.78, 5) is 0. The van der Waals surface area contributed by atoms with E-state index in [9.17, 15) is 5.11 Å². The van der Waals surface area contributed by atoms with Gasteiger partial charge in [-0.05, 0) is 47.5 Å². The monoisotopic (exact) mass is 347 g/mol. The van der Waals surface area contributed by atoms with Gasteiger partial charge in [0.15, 0.2) is 0 Å². The molecule has 1 unspecified atom stereocenters. The van der Waals surface area contributed by atoms with Crippen LogP contribution >= 0.6 is 15.9 Å². The maximum absolute atomic E-state index is 9.84. The van der Waals surface area contributed by atoms with Gasteiger partial charge in [-0.3, -0.25) is 0 Å². The lowest BCUT2D eigenvalue weighted by atomic mass is 10.1. The molecule has 0 fully saturated rings. The SMILES string of the molecule is Cc1ccc(OCC(O)CNC(C)(CO)CO)c(Br)c1. The maximum atomic E-state index is 9.84. The highest BCUT2D eigenvalue weighted by Crippen LogP contribution is 2.25. The standard InChI is InChI=1S/C14H22BrNO4/c1-10-3-4-13(12(15)5-10)20-7-11(19)6-16-14(2,8-17)9-18/h3-5,11,16-19H,6-9H2,1-2H3. The predicted octanol–water partition coefficient (Wildman–Crippen LogP) is 0.830. The van der Waals surface area contributed by atoms with Gasteiger partial charge in [0.25, 0.3) is 0 Å². The molecule has 0 aromatic heterocycles. The lowest BCUT2D eigenvalue weighted by Gasteiger charge is -2.27. The van der Waals surface area contributed by atoms with Crippen LogP contribution in [-0.4, -0.2) is 53.3 Å². The summed E-state index contributed by atoms with van der Waals surface area (Å²) in [5.41, 5.74) is 0.318. The summed E-state index contributed by atoms with van der Waals surface area (Å²) in [7, 11) is 0. The molecule has 0 saturated carbocycles. The fourth-order valence-corrected chi connectivity index (χ4v) is 2.10. The van der Waals surface area contributed by atoms with E-state index < -0.39 is 11.6 Å². The smallest absolute Gasteiger partial charge is 0.133 e. The Labute approximate surface area is 127 Å². The van der Waals surface area contributed by atoms with Gasteiger partial charge >= 0.3 is 0 Å². The number of aliphatic hydroxyl groups is 3. The molecule has 0 spiro atoms. The fraction of sp³-hybridized carbons (Fsp3) is 0.571. The second kappa shape index (κ2) is 7.95. The first-order valence-electron chi connectivity index (χ1n) is 6.44. The molecular formula is C14H22BrNO4. The summed E-state index contributed by atoms with van der Waals surface area (Å²) in [5, 5.41) is 31.0. The van der Waals surface area contributed by atoms with E-state index in [0.717, 1.165) is 10.0 Å². The summed E-state index contributed by atoms with van der Waals surface area (Å²) in [6.45, 7) is 3.60. The van der Waals surface area contributed by atoms with Crippen molar-refractivity contribution in [3.8, 4) is 5.75 Å². The second-order valence-corrected chi connectivity index (χ2v) is 6.01. The Hall–Kier alpha value is -0.660. The van der Waals surface area contributed by atoms with E-state index in [4.69, 9.17) is 14.9 Å². The number of hydrogen-bond acceptors (Lipinski definition) is 5. The number of halogens is 1. The molecule has 1 atom stereocenters. The molecule has 0 bridgehead atoms. The van der Waals surface area contributed by atoms with Crippen LogP contribution in [0.4, 0.5) is 0 Å². The van der Waals surface area contributed by atoms with Gasteiger partial charge in [0.2, 0.25) is 0 Å². The number of rotatable bonds is 8. The lowest BCUT2D eigenvalue weighted by molar-refractivity contribution is 0.0664. The van der Waals surface area contributed by atoms with Crippen LogP contribution in [0.1, 0.15) is 12.5 Å². The van der Waals surface area contributed by atoms with Crippen LogP contribution < -0.4 is 10.1 Å². The molecule has 1 rings (SSSR count). The van der Waals surface area contributed by atoms with Crippen LogP contribution in [0.25, 0.3) is 0 Å². The van der Waals surface area contributed by atoms with Gasteiger partial charge in [0, 0.05) is 6.54 Å². The van der Waals surface area contributed by atoms with Gasteiger partial charge < -0.3 is 25.4 Å². The average molecular weight is 348 g/mol. The Kier molecular flexibility index (Phi) is 6.91. The van der Waals surface area contributed by atoms with Crippen LogP contribution in [0.15, 0.2) is 22.7 Å². The van der Waals surface area contributed by atoms with Crippen molar-refractivity contribution >= 4 is 15.9 Å². The zero-order valence-corrected chi connectivity index (χ0v) is 13.4. The molecule has 0 aliphatic carbocycles. The Morgan fingerprint density at radius 2 is 2.00 bits per heavy atom. The number of aryl methyl sites for hydroxylation is 1. The molecule has 0 saturated heterocycles. The van der Waals surface area contributed by atoms with E-state index >= 15 is 0 Å². The molecule has 6 heteroatoms. The van der Waals surface area contributed by atoms with Crippen LogP contribution in [0.5, 0.6) is 5.75 Å². The third-order valence-electron chi connectivity index (χ3n) is 2.98. The molecule has 1 aromatic carbocycles. The number of benzene rings is 1. The van der Waals surface area contributed by atoms with Crippen molar-refractivity contribution < 1.29 is 20.1 Å². The van der Waals surface area contributed by atoms with Crippen molar-refractivity contribution in [1.82, 2.24) is 5.32 Å². The third-order valence-corrected chi connectivity index (χ3v) is 3.60. The Morgan fingerprint density at radius 1 is 1.35 bits per heavy atom. The molecule has 114 valence electrons. The number of β-amino-alcohol motifs (C(OH)–C–C–N with tert-alkyl or cyclic N) is 1. The summed E-state index contributed by atoms with van der Waals surface area (Å²) in [5.74, 6) is 0.668. The van der Waals surface area contributed by atoms with Crippen molar-refractivity contribution in [2.24, 2.45) is 0 Å². The maximum Gasteiger partial charge on any atom is 0.133 e. The minimum Gasteiger partial charge on any atom is -0.490 e. The number of hydrogen-bond donors (Lipinski definition) is 4. The quantitative estimate of drug-likeness (QED) is 0.560. The van der Waals surface area contributed by atoms with Crippen LogP contribution in [-0.2, 0) is 0 Å². The van der Waals surface area contributed by atoms with Gasteiger partial charge in [-0.1, -0.05) is 6.07 Å². The lowest BCUT2D eigenvalue weighted by Crippen LogP contribution is -2.52. The van der Waals surface area contributed by atoms with E-state index in [-0.39, 0.29) is 26.4 Å². The molecule has 0 radical (unpaired) electrons. The molecule has 0 amide bonds. The first kappa shape index (κ1) is 17.4. The van der Waals surface area contributed by atoms with Crippen molar-refractivity contribution in [3.63, 3.8) is 0 Å². The van der Waals surface area contributed by atoms with Gasteiger partial charge in [-0.2, -0.15) is 0 Å². The minimum absolute atomic E-state index is 0.127. The molecule has 5 nitrogen and oxygen atoms in total. The second-order valence-electron chi connectivity index (χ2n) is 5.16. The highest BCUT2D eigenvalue weighted by atomic mass is 79.9.